The first-order valence-corrected chi connectivity index (χ1v) is 8.72. The van der Waals surface area contributed by atoms with Crippen LogP contribution in [0, 0.1) is 0 Å². The van der Waals surface area contributed by atoms with E-state index in [0.29, 0.717) is 12.1 Å². The number of rotatable bonds is 5. The maximum absolute atomic E-state index is 12.8. The summed E-state index contributed by atoms with van der Waals surface area (Å²) in [5.74, 6) is -0.402. The Morgan fingerprint density at radius 3 is 2.35 bits per heavy atom. The minimum absolute atomic E-state index is 0.224. The van der Waals surface area contributed by atoms with E-state index in [2.05, 4.69) is 16.1 Å². The maximum Gasteiger partial charge on any atom is 0.344 e. The Kier molecular flexibility index (Phi) is 5.18. The lowest BCUT2D eigenvalue weighted by atomic mass is 9.92. The van der Waals surface area contributed by atoms with Gasteiger partial charge in [-0.3, -0.25) is 10.2 Å². The number of hydrogen-bond donors (Lipinski definition) is 3. The molecule has 134 valence electrons. The van der Waals surface area contributed by atoms with Gasteiger partial charge in [0.2, 0.25) is 0 Å². The van der Waals surface area contributed by atoms with E-state index < -0.39 is 17.5 Å². The summed E-state index contributed by atoms with van der Waals surface area (Å²) in [6.45, 7) is 2.27. The van der Waals surface area contributed by atoms with Gasteiger partial charge in [0, 0.05) is 6.54 Å². The molecule has 0 spiro atoms. The molecule has 1 aliphatic rings. The first-order valence-electron chi connectivity index (χ1n) is 8.31. The maximum atomic E-state index is 12.8. The van der Waals surface area contributed by atoms with Crippen molar-refractivity contribution in [3.05, 3.63) is 71.8 Å². The van der Waals surface area contributed by atoms with Crippen molar-refractivity contribution < 1.29 is 9.59 Å². The molecule has 2 aromatic carbocycles. The number of nitrogens with one attached hydrogen (secondary N) is 3. The molecule has 0 radical (unpaired) electrons. The number of imide groups is 1. The average Bonchev–Trinajstić information content (AvgIpc) is 2.87. The highest BCUT2D eigenvalue weighted by Crippen LogP contribution is 2.27. The SMILES string of the molecule is C[C@@]1(c2ccccc2)NC(=O)N(NC(=S)NCCc2ccccc2)C1=O. The van der Waals surface area contributed by atoms with Crippen molar-refractivity contribution in [2.45, 2.75) is 18.9 Å². The molecule has 0 aromatic heterocycles. The minimum atomic E-state index is -1.12. The monoisotopic (exact) mass is 368 g/mol. The number of thiocarbonyl (C=S) groups is 1. The first kappa shape index (κ1) is 17.9. The normalized spacial score (nSPS) is 19.2. The van der Waals surface area contributed by atoms with Crippen molar-refractivity contribution in [2.24, 2.45) is 0 Å². The summed E-state index contributed by atoms with van der Waals surface area (Å²) in [6.07, 6.45) is 0.782. The lowest BCUT2D eigenvalue weighted by molar-refractivity contribution is -0.132. The van der Waals surface area contributed by atoms with E-state index in [1.807, 2.05) is 48.5 Å². The van der Waals surface area contributed by atoms with Crippen LogP contribution in [-0.2, 0) is 16.8 Å². The molecule has 0 aliphatic carbocycles. The molecule has 1 heterocycles. The lowest BCUT2D eigenvalue weighted by Crippen LogP contribution is -2.51. The van der Waals surface area contributed by atoms with Crippen LogP contribution in [0.3, 0.4) is 0 Å². The number of nitrogens with zero attached hydrogens (tertiary/aromatic N) is 1. The molecule has 0 unspecified atom stereocenters. The molecule has 7 heteroatoms. The Balaban J connectivity index is 1.58. The highest BCUT2D eigenvalue weighted by Gasteiger charge is 2.49. The fourth-order valence-corrected chi connectivity index (χ4v) is 3.01. The van der Waals surface area contributed by atoms with E-state index in [1.54, 1.807) is 19.1 Å². The van der Waals surface area contributed by atoms with E-state index in [9.17, 15) is 9.59 Å². The zero-order valence-corrected chi connectivity index (χ0v) is 15.2. The largest absolute Gasteiger partial charge is 0.361 e. The second kappa shape index (κ2) is 7.53. The predicted molar refractivity (Wildman–Crippen MR) is 103 cm³/mol. The molecule has 26 heavy (non-hydrogen) atoms. The summed E-state index contributed by atoms with van der Waals surface area (Å²) >= 11 is 5.21. The molecule has 0 saturated carbocycles. The number of carbonyl (C=O) groups excluding carboxylic acids is 2. The van der Waals surface area contributed by atoms with Crippen molar-refractivity contribution in [2.75, 3.05) is 6.54 Å². The van der Waals surface area contributed by atoms with Crippen LogP contribution >= 0.6 is 12.2 Å². The molecule has 1 atom stereocenters. The fraction of sp³-hybridized carbons (Fsp3) is 0.211. The highest BCUT2D eigenvalue weighted by atomic mass is 32.1. The molecule has 3 N–H and O–H groups in total. The molecule has 3 amide bonds. The molecule has 3 rings (SSSR count). The number of hydrogen-bond acceptors (Lipinski definition) is 3. The molecule has 1 aliphatic heterocycles. The minimum Gasteiger partial charge on any atom is -0.361 e. The van der Waals surface area contributed by atoms with Crippen LogP contribution in [0.2, 0.25) is 0 Å². The summed E-state index contributed by atoms with van der Waals surface area (Å²) in [5, 5.41) is 6.88. The summed E-state index contributed by atoms with van der Waals surface area (Å²) < 4.78 is 0. The standard InChI is InChI=1S/C19H20N4O2S/c1-19(15-10-6-3-7-11-15)16(24)23(18(25)21-19)22-17(26)20-13-12-14-8-4-2-5-9-14/h2-11H,12-13H2,1H3,(H,21,25)(H2,20,22,26)/t19-/m0/s1. The van der Waals surface area contributed by atoms with Gasteiger partial charge in [-0.05, 0) is 36.7 Å². The van der Waals surface area contributed by atoms with Crippen LogP contribution in [0.5, 0.6) is 0 Å². The zero-order chi connectivity index (χ0) is 18.6. The summed E-state index contributed by atoms with van der Waals surface area (Å²) in [7, 11) is 0. The number of urea groups is 1. The molecule has 1 fully saturated rings. The lowest BCUT2D eigenvalue weighted by Gasteiger charge is -2.22. The van der Waals surface area contributed by atoms with Crippen LogP contribution < -0.4 is 16.1 Å². The fourth-order valence-electron chi connectivity index (χ4n) is 2.81. The Hall–Kier alpha value is -2.93. The number of benzene rings is 2. The molecular formula is C19H20N4O2S. The quantitative estimate of drug-likeness (QED) is 0.557. The van der Waals surface area contributed by atoms with E-state index in [4.69, 9.17) is 12.2 Å². The van der Waals surface area contributed by atoms with Crippen molar-refractivity contribution in [1.29, 1.82) is 0 Å². The van der Waals surface area contributed by atoms with Gasteiger partial charge in [0.1, 0.15) is 5.54 Å². The predicted octanol–water partition coefficient (Wildman–Crippen LogP) is 2.08. The Morgan fingerprint density at radius 1 is 1.08 bits per heavy atom. The van der Waals surface area contributed by atoms with Gasteiger partial charge in [-0.15, -0.1) is 0 Å². The molecule has 1 saturated heterocycles. The average molecular weight is 368 g/mol. The number of amides is 3. The van der Waals surface area contributed by atoms with E-state index in [0.717, 1.165) is 11.4 Å². The van der Waals surface area contributed by atoms with Crippen LogP contribution in [0.1, 0.15) is 18.1 Å². The van der Waals surface area contributed by atoms with Crippen molar-refractivity contribution in [3.63, 3.8) is 0 Å². The zero-order valence-electron chi connectivity index (χ0n) is 14.4. The van der Waals surface area contributed by atoms with Gasteiger partial charge in [-0.25, -0.2) is 4.79 Å². The van der Waals surface area contributed by atoms with Gasteiger partial charge < -0.3 is 10.6 Å². The topological polar surface area (TPSA) is 73.5 Å². The van der Waals surface area contributed by atoms with Crippen molar-refractivity contribution in [3.8, 4) is 0 Å². The molecular weight excluding hydrogens is 348 g/mol. The molecule has 2 aromatic rings. The van der Waals surface area contributed by atoms with Crippen LogP contribution in [0.25, 0.3) is 0 Å². The van der Waals surface area contributed by atoms with Gasteiger partial charge in [-0.2, -0.15) is 5.01 Å². The highest BCUT2D eigenvalue weighted by molar-refractivity contribution is 7.80. The second-order valence-corrected chi connectivity index (χ2v) is 6.57. The third kappa shape index (κ3) is 3.67. The van der Waals surface area contributed by atoms with E-state index in [1.165, 1.54) is 5.56 Å². The summed E-state index contributed by atoms with van der Waals surface area (Å²) in [4.78, 5) is 25.0. The first-order chi connectivity index (χ1) is 12.5. The van der Waals surface area contributed by atoms with E-state index in [-0.39, 0.29) is 5.11 Å². The van der Waals surface area contributed by atoms with Crippen molar-refractivity contribution >= 4 is 29.3 Å². The Bertz CT molecular complexity index is 813. The van der Waals surface area contributed by atoms with Gasteiger partial charge in [0.15, 0.2) is 5.11 Å². The second-order valence-electron chi connectivity index (χ2n) is 6.17. The summed E-state index contributed by atoms with van der Waals surface area (Å²) in [5.41, 5.74) is 3.45. The third-order valence-corrected chi connectivity index (χ3v) is 4.53. The third-order valence-electron chi connectivity index (χ3n) is 4.30. The van der Waals surface area contributed by atoms with Gasteiger partial charge in [0.25, 0.3) is 5.91 Å². The van der Waals surface area contributed by atoms with Crippen LogP contribution in [0.4, 0.5) is 4.79 Å². The number of hydrazine groups is 1. The smallest absolute Gasteiger partial charge is 0.344 e. The molecule has 0 bridgehead atoms. The van der Waals surface area contributed by atoms with Crippen molar-refractivity contribution in [1.82, 2.24) is 21.1 Å². The molecule has 6 nitrogen and oxygen atoms in total. The Labute approximate surface area is 157 Å². The van der Waals surface area contributed by atoms with Gasteiger partial charge in [-0.1, -0.05) is 60.7 Å². The van der Waals surface area contributed by atoms with Crippen LogP contribution in [0.15, 0.2) is 60.7 Å². The van der Waals surface area contributed by atoms with Crippen LogP contribution in [-0.4, -0.2) is 28.6 Å². The van der Waals surface area contributed by atoms with Gasteiger partial charge in [0.05, 0.1) is 0 Å². The Morgan fingerprint density at radius 2 is 1.69 bits per heavy atom. The number of carbonyl (C=O) groups is 2. The summed E-state index contributed by atoms with van der Waals surface area (Å²) in [6, 6.07) is 18.6. The van der Waals surface area contributed by atoms with E-state index >= 15 is 0 Å². The van der Waals surface area contributed by atoms with Gasteiger partial charge >= 0.3 is 6.03 Å².